The monoisotopic (exact) mass is 266 g/mol. The van der Waals surface area contributed by atoms with Crippen LogP contribution in [0.2, 0.25) is 0 Å². The summed E-state index contributed by atoms with van der Waals surface area (Å²) in [5.74, 6) is 1.33. The van der Waals surface area contributed by atoms with E-state index in [0.29, 0.717) is 5.92 Å². The first-order valence-corrected chi connectivity index (χ1v) is 6.62. The summed E-state index contributed by atoms with van der Waals surface area (Å²) in [7, 11) is 2.00. The summed E-state index contributed by atoms with van der Waals surface area (Å²) >= 11 is 6.04. The second-order valence-electron chi connectivity index (χ2n) is 4.97. The van der Waals surface area contributed by atoms with Crippen molar-refractivity contribution in [1.82, 2.24) is 14.6 Å². The van der Waals surface area contributed by atoms with Crippen molar-refractivity contribution in [3.05, 3.63) is 24.2 Å². The van der Waals surface area contributed by atoms with Crippen LogP contribution in [-0.2, 0) is 0 Å². The van der Waals surface area contributed by atoms with Crippen LogP contribution in [0, 0.1) is 0 Å². The van der Waals surface area contributed by atoms with Crippen molar-refractivity contribution in [2.75, 3.05) is 18.5 Å². The van der Waals surface area contributed by atoms with Gasteiger partial charge in [0, 0.05) is 31.4 Å². The van der Waals surface area contributed by atoms with Crippen LogP contribution in [0.4, 0.5) is 5.82 Å². The first kappa shape index (κ1) is 13.1. The first-order valence-electron chi connectivity index (χ1n) is 6.18. The van der Waals surface area contributed by atoms with E-state index in [0.717, 1.165) is 23.6 Å². The molecule has 18 heavy (non-hydrogen) atoms. The SMILES string of the molecule is CC(Cl)CN(C)c1nccn2nc(C(C)C)cc12. The summed E-state index contributed by atoms with van der Waals surface area (Å²) in [6.45, 7) is 7.02. The summed E-state index contributed by atoms with van der Waals surface area (Å²) < 4.78 is 1.88. The molecule has 1 atom stereocenters. The molecule has 0 amide bonds. The molecule has 0 aromatic carbocycles. The zero-order valence-corrected chi connectivity index (χ0v) is 12.0. The molecule has 0 spiro atoms. The number of rotatable bonds is 4. The molecule has 0 bridgehead atoms. The zero-order valence-electron chi connectivity index (χ0n) is 11.3. The van der Waals surface area contributed by atoms with Crippen LogP contribution in [0.1, 0.15) is 32.4 Å². The summed E-state index contributed by atoms with van der Waals surface area (Å²) in [4.78, 5) is 6.51. The molecule has 2 aromatic heterocycles. The molecule has 0 aliphatic heterocycles. The highest BCUT2D eigenvalue weighted by molar-refractivity contribution is 6.20. The fraction of sp³-hybridized carbons (Fsp3) is 0.538. The van der Waals surface area contributed by atoms with Gasteiger partial charge in [0.25, 0.3) is 0 Å². The molecule has 0 aliphatic carbocycles. The van der Waals surface area contributed by atoms with Crippen LogP contribution in [-0.4, -0.2) is 33.6 Å². The molecule has 5 heteroatoms. The normalized spacial score (nSPS) is 13.2. The number of alkyl halides is 1. The highest BCUT2D eigenvalue weighted by Gasteiger charge is 2.13. The van der Waals surface area contributed by atoms with Gasteiger partial charge in [-0.25, -0.2) is 9.50 Å². The largest absolute Gasteiger partial charge is 0.356 e. The molecule has 1 unspecified atom stereocenters. The summed E-state index contributed by atoms with van der Waals surface area (Å²) in [5.41, 5.74) is 2.11. The van der Waals surface area contributed by atoms with Gasteiger partial charge >= 0.3 is 0 Å². The molecule has 0 radical (unpaired) electrons. The first-order chi connectivity index (χ1) is 8.49. The van der Waals surface area contributed by atoms with Gasteiger partial charge in [0.2, 0.25) is 0 Å². The van der Waals surface area contributed by atoms with Gasteiger partial charge in [-0.05, 0) is 18.9 Å². The number of anilines is 1. The van der Waals surface area contributed by atoms with Gasteiger partial charge in [-0.1, -0.05) is 13.8 Å². The molecule has 2 rings (SSSR count). The van der Waals surface area contributed by atoms with Crippen molar-refractivity contribution in [3.63, 3.8) is 0 Å². The Hall–Kier alpha value is -1.29. The molecule has 0 N–H and O–H groups in total. The minimum Gasteiger partial charge on any atom is -0.356 e. The van der Waals surface area contributed by atoms with E-state index in [1.807, 2.05) is 24.7 Å². The molecule has 0 fully saturated rings. The highest BCUT2D eigenvalue weighted by atomic mass is 35.5. The van der Waals surface area contributed by atoms with Crippen molar-refractivity contribution in [2.45, 2.75) is 32.1 Å². The third kappa shape index (κ3) is 2.58. The van der Waals surface area contributed by atoms with E-state index in [1.54, 1.807) is 6.20 Å². The lowest BCUT2D eigenvalue weighted by molar-refractivity contribution is 0.784. The Labute approximate surface area is 113 Å². The van der Waals surface area contributed by atoms with Gasteiger partial charge in [-0.2, -0.15) is 5.10 Å². The Morgan fingerprint density at radius 3 is 2.72 bits per heavy atom. The number of halogens is 1. The Kier molecular flexibility index (Phi) is 3.76. The maximum Gasteiger partial charge on any atom is 0.154 e. The molecular weight excluding hydrogens is 248 g/mol. The van der Waals surface area contributed by atoms with Gasteiger partial charge in [0.15, 0.2) is 5.82 Å². The van der Waals surface area contributed by atoms with Gasteiger partial charge in [-0.15, -0.1) is 11.6 Å². The van der Waals surface area contributed by atoms with Gasteiger partial charge in [0.1, 0.15) is 5.52 Å². The van der Waals surface area contributed by atoms with Crippen molar-refractivity contribution >= 4 is 22.9 Å². The number of fused-ring (bicyclic) bond motifs is 1. The second kappa shape index (κ2) is 5.14. The molecule has 98 valence electrons. The zero-order chi connectivity index (χ0) is 13.3. The average Bonchev–Trinajstić information content (AvgIpc) is 2.71. The van der Waals surface area contributed by atoms with Gasteiger partial charge in [-0.3, -0.25) is 0 Å². The van der Waals surface area contributed by atoms with E-state index in [4.69, 9.17) is 11.6 Å². The van der Waals surface area contributed by atoms with Crippen LogP contribution < -0.4 is 4.90 Å². The van der Waals surface area contributed by atoms with Gasteiger partial charge < -0.3 is 4.90 Å². The Morgan fingerprint density at radius 1 is 1.39 bits per heavy atom. The smallest absolute Gasteiger partial charge is 0.154 e. The average molecular weight is 267 g/mol. The molecule has 4 nitrogen and oxygen atoms in total. The predicted octanol–water partition coefficient (Wildman–Crippen LogP) is 2.92. The molecular formula is C13H19ClN4. The van der Waals surface area contributed by atoms with Crippen molar-refractivity contribution in [3.8, 4) is 0 Å². The lowest BCUT2D eigenvalue weighted by Crippen LogP contribution is -2.25. The lowest BCUT2D eigenvalue weighted by atomic mass is 10.1. The Balaban J connectivity index is 2.44. The summed E-state index contributed by atoms with van der Waals surface area (Å²) in [6.07, 6.45) is 3.65. The fourth-order valence-corrected chi connectivity index (χ4v) is 2.17. The predicted molar refractivity (Wildman–Crippen MR) is 75.7 cm³/mol. The van der Waals surface area contributed by atoms with Crippen LogP contribution >= 0.6 is 11.6 Å². The van der Waals surface area contributed by atoms with E-state index < -0.39 is 0 Å². The second-order valence-corrected chi connectivity index (χ2v) is 5.71. The quantitative estimate of drug-likeness (QED) is 0.798. The number of nitrogens with zero attached hydrogens (tertiary/aromatic N) is 4. The number of hydrogen-bond donors (Lipinski definition) is 0. The Bertz CT molecular complexity index is 533. The maximum absolute atomic E-state index is 6.04. The van der Waals surface area contributed by atoms with Crippen molar-refractivity contribution < 1.29 is 0 Å². The topological polar surface area (TPSA) is 33.4 Å². The van der Waals surface area contributed by atoms with Crippen molar-refractivity contribution in [2.24, 2.45) is 0 Å². The van der Waals surface area contributed by atoms with Crippen LogP contribution in [0.25, 0.3) is 5.52 Å². The minimum atomic E-state index is 0.0875. The standard InChI is InChI=1S/C13H19ClN4/c1-9(2)11-7-12-13(17(4)8-10(3)14)15-5-6-18(12)16-11/h5-7,9-10H,8H2,1-4H3. The van der Waals surface area contributed by atoms with E-state index in [2.05, 4.69) is 34.9 Å². The van der Waals surface area contributed by atoms with E-state index in [1.165, 1.54) is 0 Å². The lowest BCUT2D eigenvalue weighted by Gasteiger charge is -2.19. The molecule has 2 heterocycles. The Morgan fingerprint density at radius 2 is 2.11 bits per heavy atom. The molecule has 0 aliphatic rings. The number of hydrogen-bond acceptors (Lipinski definition) is 3. The summed E-state index contributed by atoms with van der Waals surface area (Å²) in [5, 5.41) is 4.64. The molecule has 0 saturated carbocycles. The van der Waals surface area contributed by atoms with E-state index in [-0.39, 0.29) is 5.38 Å². The third-order valence-corrected chi connectivity index (χ3v) is 3.00. The van der Waals surface area contributed by atoms with E-state index >= 15 is 0 Å². The van der Waals surface area contributed by atoms with Crippen LogP contribution in [0.15, 0.2) is 18.5 Å². The highest BCUT2D eigenvalue weighted by Crippen LogP contribution is 2.22. The van der Waals surface area contributed by atoms with E-state index in [9.17, 15) is 0 Å². The van der Waals surface area contributed by atoms with Gasteiger partial charge in [0.05, 0.1) is 5.69 Å². The van der Waals surface area contributed by atoms with Crippen LogP contribution in [0.3, 0.4) is 0 Å². The minimum absolute atomic E-state index is 0.0875. The number of aromatic nitrogens is 3. The molecule has 2 aromatic rings. The maximum atomic E-state index is 6.04. The fourth-order valence-electron chi connectivity index (χ4n) is 1.97. The van der Waals surface area contributed by atoms with Crippen molar-refractivity contribution in [1.29, 1.82) is 0 Å². The molecule has 0 saturated heterocycles. The third-order valence-electron chi connectivity index (χ3n) is 2.87. The van der Waals surface area contributed by atoms with Crippen LogP contribution in [0.5, 0.6) is 0 Å². The summed E-state index contributed by atoms with van der Waals surface area (Å²) in [6, 6.07) is 2.10.